The number of aryl methyl sites for hydroxylation is 2. The van der Waals surface area contributed by atoms with Gasteiger partial charge in [-0.2, -0.15) is 18.3 Å². The first kappa shape index (κ1) is 31.6. The van der Waals surface area contributed by atoms with E-state index in [-0.39, 0.29) is 5.69 Å². The number of hydrogen-bond donors (Lipinski definition) is 1. The molecule has 4 aromatic rings. The van der Waals surface area contributed by atoms with E-state index in [2.05, 4.69) is 49.9 Å². The average molecular weight is 629 g/mol. The van der Waals surface area contributed by atoms with Crippen molar-refractivity contribution in [1.82, 2.24) is 34.6 Å². The molecule has 14 heteroatoms. The molecule has 0 spiro atoms. The van der Waals surface area contributed by atoms with Crippen LogP contribution in [0.15, 0.2) is 43.0 Å². The van der Waals surface area contributed by atoms with Crippen LogP contribution >= 0.6 is 0 Å². The summed E-state index contributed by atoms with van der Waals surface area (Å²) < 4.78 is 48.0. The molecule has 0 radical (unpaired) electrons. The summed E-state index contributed by atoms with van der Waals surface area (Å²) in [4.78, 5) is 28.7. The molecule has 0 saturated carbocycles. The molecule has 0 fully saturated rings. The number of aromatic nitrogens is 6. The van der Waals surface area contributed by atoms with Gasteiger partial charge in [0.15, 0.2) is 5.69 Å². The maximum atomic E-state index is 13.1. The molecular weight excluding hydrogens is 589 g/mol. The molecular formula is C30H39F3N8O2Si. The van der Waals surface area contributed by atoms with Crippen LogP contribution in [0.5, 0.6) is 0 Å². The van der Waals surface area contributed by atoms with Gasteiger partial charge in [0.25, 0.3) is 5.91 Å². The molecule has 0 aromatic carbocycles. The summed E-state index contributed by atoms with van der Waals surface area (Å²) in [5.41, 5.74) is 3.50. The van der Waals surface area contributed by atoms with Crippen molar-refractivity contribution in [3.63, 3.8) is 0 Å². The highest BCUT2D eigenvalue weighted by Crippen LogP contribution is 2.31. The van der Waals surface area contributed by atoms with E-state index in [0.29, 0.717) is 45.0 Å². The number of carbonyl (C=O) groups is 1. The fourth-order valence-corrected chi connectivity index (χ4v) is 6.04. The minimum atomic E-state index is -4.36. The predicted molar refractivity (Wildman–Crippen MR) is 164 cm³/mol. The van der Waals surface area contributed by atoms with E-state index in [4.69, 9.17) is 4.74 Å². The Labute approximate surface area is 255 Å². The molecule has 10 nitrogen and oxygen atoms in total. The van der Waals surface area contributed by atoms with Gasteiger partial charge in [0, 0.05) is 76.6 Å². The Kier molecular flexibility index (Phi) is 9.68. The van der Waals surface area contributed by atoms with Crippen LogP contribution in [-0.4, -0.2) is 69.2 Å². The lowest BCUT2D eigenvalue weighted by Gasteiger charge is -2.29. The molecule has 0 saturated heterocycles. The smallest absolute Gasteiger partial charge is 0.361 e. The minimum absolute atomic E-state index is 0.156. The molecule has 236 valence electrons. The van der Waals surface area contributed by atoms with E-state index >= 15 is 0 Å². The van der Waals surface area contributed by atoms with Crippen LogP contribution in [0.2, 0.25) is 25.7 Å². The molecule has 44 heavy (non-hydrogen) atoms. The number of halogens is 3. The van der Waals surface area contributed by atoms with E-state index in [1.54, 1.807) is 6.20 Å². The summed E-state index contributed by atoms with van der Waals surface area (Å²) in [5.74, 6) is 0.123. The quantitative estimate of drug-likeness (QED) is 0.160. The van der Waals surface area contributed by atoms with Crippen LogP contribution in [-0.2, 0) is 37.4 Å². The third-order valence-electron chi connectivity index (χ3n) is 7.63. The van der Waals surface area contributed by atoms with Gasteiger partial charge in [-0.1, -0.05) is 25.7 Å². The number of carbonyl (C=O) groups excluding carboxylic acids is 1. The largest absolute Gasteiger partial charge is 0.390 e. The lowest BCUT2D eigenvalue weighted by atomic mass is 10.0. The van der Waals surface area contributed by atoms with E-state index < -0.39 is 33.1 Å². The van der Waals surface area contributed by atoms with Crippen molar-refractivity contribution in [3.8, 4) is 0 Å². The predicted octanol–water partition coefficient (Wildman–Crippen LogP) is 5.21. The van der Waals surface area contributed by atoms with Crippen LogP contribution in [0.25, 0.3) is 11.0 Å². The SMILES string of the molecule is C[Si](C)(C)CCOCn1ccc2c(N3CCc4c(c(C(=O)NCCC(F)(F)F)nn4CCCc4ccccn4)C3)ncnc21. The normalized spacial score (nSPS) is 13.8. The summed E-state index contributed by atoms with van der Waals surface area (Å²) >= 11 is 0. The highest BCUT2D eigenvalue weighted by Gasteiger charge is 2.31. The Balaban J connectivity index is 1.35. The van der Waals surface area contributed by atoms with Gasteiger partial charge in [0.2, 0.25) is 0 Å². The molecule has 1 amide bonds. The Hall–Kier alpha value is -3.78. The first-order valence-electron chi connectivity index (χ1n) is 14.9. The van der Waals surface area contributed by atoms with Gasteiger partial charge in [0.05, 0.1) is 11.8 Å². The van der Waals surface area contributed by atoms with Crippen molar-refractivity contribution in [2.24, 2.45) is 0 Å². The molecule has 5 heterocycles. The number of hydrogen-bond acceptors (Lipinski definition) is 7. The summed E-state index contributed by atoms with van der Waals surface area (Å²) in [6, 6.07) is 8.81. The second kappa shape index (κ2) is 13.5. The molecule has 0 bridgehead atoms. The van der Waals surface area contributed by atoms with Gasteiger partial charge in [-0.3, -0.25) is 14.5 Å². The van der Waals surface area contributed by atoms with Crippen LogP contribution in [0.3, 0.4) is 0 Å². The molecule has 0 aliphatic carbocycles. The number of ether oxygens (including phenoxy) is 1. The number of rotatable bonds is 13. The third kappa shape index (κ3) is 8.02. The number of anilines is 1. The lowest BCUT2D eigenvalue weighted by Crippen LogP contribution is -2.34. The van der Waals surface area contributed by atoms with Gasteiger partial charge < -0.3 is 19.5 Å². The number of amides is 1. The van der Waals surface area contributed by atoms with Gasteiger partial charge in [-0.15, -0.1) is 0 Å². The Morgan fingerprint density at radius 2 is 1.98 bits per heavy atom. The van der Waals surface area contributed by atoms with Crippen molar-refractivity contribution in [2.75, 3.05) is 24.6 Å². The Bertz CT molecular complexity index is 1570. The molecule has 1 aliphatic heterocycles. The van der Waals surface area contributed by atoms with E-state index in [9.17, 15) is 18.0 Å². The van der Waals surface area contributed by atoms with Crippen LogP contribution in [0, 0.1) is 0 Å². The van der Waals surface area contributed by atoms with E-state index in [1.807, 2.05) is 39.7 Å². The minimum Gasteiger partial charge on any atom is -0.361 e. The van der Waals surface area contributed by atoms with Crippen LogP contribution < -0.4 is 10.2 Å². The van der Waals surface area contributed by atoms with Crippen molar-refractivity contribution in [3.05, 3.63) is 65.6 Å². The average Bonchev–Trinajstić information content (AvgIpc) is 3.56. The van der Waals surface area contributed by atoms with Crippen LogP contribution in [0.1, 0.15) is 40.3 Å². The summed E-state index contributed by atoms with van der Waals surface area (Å²) in [7, 11) is -1.20. The fourth-order valence-electron chi connectivity index (χ4n) is 5.28. The van der Waals surface area contributed by atoms with Gasteiger partial charge >= 0.3 is 6.18 Å². The zero-order valence-corrected chi connectivity index (χ0v) is 26.4. The van der Waals surface area contributed by atoms with Crippen molar-refractivity contribution in [1.29, 1.82) is 0 Å². The van der Waals surface area contributed by atoms with Gasteiger partial charge in [0.1, 0.15) is 24.5 Å². The number of nitrogens with zero attached hydrogens (tertiary/aromatic N) is 7. The summed E-state index contributed by atoms with van der Waals surface area (Å²) in [5, 5.41) is 7.90. The lowest BCUT2D eigenvalue weighted by molar-refractivity contribution is -0.133. The monoisotopic (exact) mass is 628 g/mol. The maximum Gasteiger partial charge on any atom is 0.390 e. The number of fused-ring (bicyclic) bond motifs is 2. The zero-order chi connectivity index (χ0) is 31.3. The Morgan fingerprint density at radius 1 is 1.14 bits per heavy atom. The van der Waals surface area contributed by atoms with E-state index in [1.165, 1.54) is 6.33 Å². The second-order valence-corrected chi connectivity index (χ2v) is 17.9. The first-order chi connectivity index (χ1) is 21.0. The van der Waals surface area contributed by atoms with Crippen LogP contribution in [0.4, 0.5) is 19.0 Å². The highest BCUT2D eigenvalue weighted by atomic mass is 28.3. The highest BCUT2D eigenvalue weighted by molar-refractivity contribution is 6.76. The topological polar surface area (TPSA) is 103 Å². The van der Waals surface area contributed by atoms with Crippen molar-refractivity contribution < 1.29 is 22.7 Å². The second-order valence-electron chi connectivity index (χ2n) is 12.3. The fraction of sp³-hybridized carbons (Fsp3) is 0.500. The van der Waals surface area contributed by atoms with Crippen molar-refractivity contribution >= 4 is 30.8 Å². The molecule has 4 aromatic heterocycles. The number of alkyl halides is 3. The molecule has 5 rings (SSSR count). The van der Waals surface area contributed by atoms with Crippen molar-refractivity contribution in [2.45, 2.75) is 77.4 Å². The number of nitrogens with one attached hydrogen (secondary N) is 1. The number of pyridine rings is 1. The summed E-state index contributed by atoms with van der Waals surface area (Å²) in [6.07, 6.45) is 1.86. The molecule has 0 atom stereocenters. The maximum absolute atomic E-state index is 13.1. The van der Waals surface area contributed by atoms with Gasteiger partial charge in [-0.05, 0) is 37.1 Å². The zero-order valence-electron chi connectivity index (χ0n) is 25.4. The molecule has 1 N–H and O–H groups in total. The Morgan fingerprint density at radius 3 is 2.73 bits per heavy atom. The molecule has 0 unspecified atom stereocenters. The molecule has 1 aliphatic rings. The first-order valence-corrected chi connectivity index (χ1v) is 18.7. The summed E-state index contributed by atoms with van der Waals surface area (Å²) in [6.45, 7) is 9.07. The third-order valence-corrected chi connectivity index (χ3v) is 9.34. The standard InChI is InChI=1S/C30H39F3N8O2Si/c1-44(2,3)18-17-43-21-40-15-9-23-27(36-20-37-28(23)40)39-16-10-25-24(19-39)26(29(42)35-13-11-30(31,32)33)38-41(25)14-6-8-22-7-4-5-12-34-22/h4-5,7,9,12,15,20H,6,8,10-11,13-14,16-19,21H2,1-3H3,(H,35,42). The van der Waals surface area contributed by atoms with Gasteiger partial charge in [-0.25, -0.2) is 9.97 Å². The van der Waals surface area contributed by atoms with E-state index in [0.717, 1.165) is 47.1 Å².